The molecule has 0 saturated carbocycles. The molecule has 0 radical (unpaired) electrons. The molecule has 0 aliphatic carbocycles. The number of fused-ring (bicyclic) bond motifs is 2. The van der Waals surface area contributed by atoms with Gasteiger partial charge in [0.1, 0.15) is 6.54 Å². The summed E-state index contributed by atoms with van der Waals surface area (Å²) in [6, 6.07) is 25.9. The molecule has 0 aliphatic heterocycles. The number of nitrogens with two attached hydrogens (primary N) is 1. The van der Waals surface area contributed by atoms with E-state index >= 15 is 0 Å². The molecule has 0 fully saturated rings. The summed E-state index contributed by atoms with van der Waals surface area (Å²) >= 11 is 0. The van der Waals surface area contributed by atoms with E-state index in [9.17, 15) is 4.79 Å². The monoisotopic (exact) mass is 452 g/mol. The van der Waals surface area contributed by atoms with Crippen LogP contribution in [-0.2, 0) is 11.3 Å². The standard InChI is InChI=1S/C30H33N3O/c1-23-14-15-24-9-4-6-11-28(24)27(23)19-18-26-17-16-25-10-5-7-12-29(25)33(26)22-8-2-3-13-30(34)32-21-20-31/h4-7,9-12,14-19H,2-3,8,13,20-22,31H2,1H3/p+1/b19-18+. The summed E-state index contributed by atoms with van der Waals surface area (Å²) < 4.78 is 2.40. The molecule has 4 nitrogen and oxygen atoms in total. The zero-order valence-electron chi connectivity index (χ0n) is 20.0. The molecule has 1 amide bonds. The van der Waals surface area contributed by atoms with Crippen molar-refractivity contribution in [2.75, 3.05) is 13.1 Å². The van der Waals surface area contributed by atoms with Crippen molar-refractivity contribution in [1.82, 2.24) is 5.32 Å². The van der Waals surface area contributed by atoms with Gasteiger partial charge < -0.3 is 11.1 Å². The summed E-state index contributed by atoms with van der Waals surface area (Å²) in [4.78, 5) is 11.8. The molecule has 3 aromatic carbocycles. The Morgan fingerprint density at radius 1 is 0.882 bits per heavy atom. The second kappa shape index (κ2) is 11.6. The summed E-state index contributed by atoms with van der Waals surface area (Å²) in [7, 11) is 0. The van der Waals surface area contributed by atoms with Crippen molar-refractivity contribution in [2.45, 2.75) is 39.2 Å². The number of hydrogen-bond donors (Lipinski definition) is 2. The van der Waals surface area contributed by atoms with Crippen LogP contribution >= 0.6 is 0 Å². The Bertz CT molecular complexity index is 1310. The summed E-state index contributed by atoms with van der Waals surface area (Å²) in [5, 5.41) is 6.62. The highest BCUT2D eigenvalue weighted by atomic mass is 16.1. The second-order valence-corrected chi connectivity index (χ2v) is 8.77. The molecule has 0 aliphatic rings. The zero-order chi connectivity index (χ0) is 23.8. The van der Waals surface area contributed by atoms with Gasteiger partial charge in [0.05, 0.1) is 0 Å². The van der Waals surface area contributed by atoms with Gasteiger partial charge in [-0.3, -0.25) is 4.79 Å². The maximum Gasteiger partial charge on any atom is 0.220 e. The highest BCUT2D eigenvalue weighted by Gasteiger charge is 2.14. The number of unbranched alkanes of at least 4 members (excludes halogenated alkanes) is 2. The number of benzene rings is 3. The number of aryl methyl sites for hydroxylation is 2. The van der Waals surface area contributed by atoms with Crippen LogP contribution in [0.3, 0.4) is 0 Å². The Balaban J connectivity index is 1.55. The van der Waals surface area contributed by atoms with Crippen LogP contribution in [0, 0.1) is 6.92 Å². The number of pyridine rings is 1. The zero-order valence-corrected chi connectivity index (χ0v) is 20.0. The van der Waals surface area contributed by atoms with E-state index in [2.05, 4.69) is 102 Å². The Kier molecular flexibility index (Phi) is 8.05. The fraction of sp³-hybridized carbons (Fsp3) is 0.267. The van der Waals surface area contributed by atoms with Crippen LogP contribution in [0.15, 0.2) is 72.8 Å². The molecule has 174 valence electrons. The molecular formula is C30H34N3O+. The molecule has 1 heterocycles. The molecule has 0 unspecified atom stereocenters. The number of carbonyl (C=O) groups excluding carboxylic acids is 1. The highest BCUT2D eigenvalue weighted by Crippen LogP contribution is 2.24. The van der Waals surface area contributed by atoms with Crippen LogP contribution in [0.25, 0.3) is 33.8 Å². The van der Waals surface area contributed by atoms with Crippen LogP contribution in [-0.4, -0.2) is 19.0 Å². The summed E-state index contributed by atoms with van der Waals surface area (Å²) in [5.41, 5.74) is 10.4. The lowest BCUT2D eigenvalue weighted by molar-refractivity contribution is -0.673. The maximum atomic E-state index is 11.8. The SMILES string of the molecule is Cc1ccc2ccccc2c1/C=C/c1ccc2ccccc2[n+]1CCCCCC(=O)NCCN. The van der Waals surface area contributed by atoms with Gasteiger partial charge in [-0.25, -0.2) is 0 Å². The van der Waals surface area contributed by atoms with E-state index in [0.717, 1.165) is 25.8 Å². The minimum absolute atomic E-state index is 0.0948. The minimum Gasteiger partial charge on any atom is -0.355 e. The first kappa shape index (κ1) is 23.7. The normalized spacial score (nSPS) is 11.5. The summed E-state index contributed by atoms with van der Waals surface area (Å²) in [6.07, 6.45) is 7.98. The molecule has 0 atom stereocenters. The lowest BCUT2D eigenvalue weighted by atomic mass is 9.99. The molecule has 4 heteroatoms. The van der Waals surface area contributed by atoms with Crippen molar-refractivity contribution in [1.29, 1.82) is 0 Å². The van der Waals surface area contributed by atoms with Gasteiger partial charge >= 0.3 is 0 Å². The quantitative estimate of drug-likeness (QED) is 0.250. The van der Waals surface area contributed by atoms with E-state index in [0.29, 0.717) is 19.5 Å². The van der Waals surface area contributed by atoms with E-state index in [-0.39, 0.29) is 5.91 Å². The minimum atomic E-state index is 0.0948. The number of rotatable bonds is 10. The predicted molar refractivity (Wildman–Crippen MR) is 142 cm³/mol. The number of para-hydroxylation sites is 1. The first-order chi connectivity index (χ1) is 16.7. The van der Waals surface area contributed by atoms with Gasteiger partial charge in [0, 0.05) is 49.5 Å². The lowest BCUT2D eigenvalue weighted by Crippen LogP contribution is -2.38. The number of aromatic nitrogens is 1. The fourth-order valence-electron chi connectivity index (χ4n) is 4.50. The molecular weight excluding hydrogens is 418 g/mol. The molecule has 3 N–H and O–H groups in total. The maximum absolute atomic E-state index is 11.8. The summed E-state index contributed by atoms with van der Waals surface area (Å²) in [5.74, 6) is 0.0948. The van der Waals surface area contributed by atoms with Crippen molar-refractivity contribution >= 4 is 39.7 Å². The number of nitrogens with zero attached hydrogens (tertiary/aromatic N) is 1. The number of nitrogens with one attached hydrogen (secondary N) is 1. The topological polar surface area (TPSA) is 59.0 Å². The number of carbonyl (C=O) groups is 1. The average Bonchev–Trinajstić information content (AvgIpc) is 2.87. The van der Waals surface area contributed by atoms with Gasteiger partial charge in [-0.05, 0) is 59.9 Å². The molecule has 4 rings (SSSR count). The van der Waals surface area contributed by atoms with E-state index in [1.165, 1.54) is 38.5 Å². The Labute approximate surface area is 202 Å². The van der Waals surface area contributed by atoms with Crippen LogP contribution in [0.1, 0.15) is 42.5 Å². The molecule has 0 bridgehead atoms. The Hall–Kier alpha value is -3.50. The van der Waals surface area contributed by atoms with E-state index in [4.69, 9.17) is 5.73 Å². The largest absolute Gasteiger partial charge is 0.355 e. The van der Waals surface area contributed by atoms with Gasteiger partial charge in [0.25, 0.3) is 0 Å². The molecule has 0 spiro atoms. The van der Waals surface area contributed by atoms with Crippen molar-refractivity contribution in [3.63, 3.8) is 0 Å². The van der Waals surface area contributed by atoms with Gasteiger partial charge in [0.2, 0.25) is 17.1 Å². The van der Waals surface area contributed by atoms with Crippen LogP contribution < -0.4 is 15.6 Å². The smallest absolute Gasteiger partial charge is 0.220 e. The van der Waals surface area contributed by atoms with Crippen LogP contribution in [0.2, 0.25) is 0 Å². The van der Waals surface area contributed by atoms with E-state index < -0.39 is 0 Å². The van der Waals surface area contributed by atoms with Gasteiger partial charge in [-0.2, -0.15) is 4.57 Å². The third-order valence-electron chi connectivity index (χ3n) is 6.33. The number of amides is 1. The van der Waals surface area contributed by atoms with Crippen LogP contribution in [0.4, 0.5) is 0 Å². The van der Waals surface area contributed by atoms with Crippen molar-refractivity contribution in [3.8, 4) is 0 Å². The highest BCUT2D eigenvalue weighted by molar-refractivity contribution is 5.94. The van der Waals surface area contributed by atoms with Crippen molar-refractivity contribution in [2.24, 2.45) is 5.73 Å². The molecule has 1 aromatic heterocycles. The Morgan fingerprint density at radius 3 is 2.50 bits per heavy atom. The second-order valence-electron chi connectivity index (χ2n) is 8.77. The third-order valence-corrected chi connectivity index (χ3v) is 6.33. The number of hydrogen-bond acceptors (Lipinski definition) is 2. The van der Waals surface area contributed by atoms with E-state index in [1.807, 2.05) is 0 Å². The van der Waals surface area contributed by atoms with Gasteiger partial charge in [0.15, 0.2) is 0 Å². The van der Waals surface area contributed by atoms with Gasteiger partial charge in [-0.15, -0.1) is 0 Å². The molecule has 34 heavy (non-hydrogen) atoms. The molecule has 4 aromatic rings. The van der Waals surface area contributed by atoms with Gasteiger partial charge in [-0.1, -0.05) is 48.5 Å². The first-order valence-corrected chi connectivity index (χ1v) is 12.2. The predicted octanol–water partition coefficient (Wildman–Crippen LogP) is 5.39. The van der Waals surface area contributed by atoms with Crippen molar-refractivity contribution < 1.29 is 9.36 Å². The fourth-order valence-corrected chi connectivity index (χ4v) is 4.50. The first-order valence-electron chi connectivity index (χ1n) is 12.2. The van der Waals surface area contributed by atoms with Crippen molar-refractivity contribution in [3.05, 3.63) is 89.6 Å². The summed E-state index contributed by atoms with van der Waals surface area (Å²) in [6.45, 7) is 4.12. The lowest BCUT2D eigenvalue weighted by Gasteiger charge is -2.08. The Morgan fingerprint density at radius 2 is 1.65 bits per heavy atom. The van der Waals surface area contributed by atoms with Crippen LogP contribution in [0.5, 0.6) is 0 Å². The molecule has 0 saturated heterocycles. The van der Waals surface area contributed by atoms with E-state index in [1.54, 1.807) is 0 Å². The third kappa shape index (κ3) is 5.70. The average molecular weight is 453 g/mol.